The number of aromatic nitrogens is 6. The Labute approximate surface area is 96.9 Å². The summed E-state index contributed by atoms with van der Waals surface area (Å²) in [5, 5.41) is 24.1. The Hall–Kier alpha value is -2.25. The number of rotatable bonds is 4. The maximum Gasteiger partial charge on any atom is 0.305 e. The van der Waals surface area contributed by atoms with Crippen molar-refractivity contribution in [1.29, 1.82) is 0 Å². The Balaban J connectivity index is 2.31. The Morgan fingerprint density at radius 3 is 2.94 bits per heavy atom. The minimum Gasteiger partial charge on any atom is -0.481 e. The minimum atomic E-state index is -0.889. The molecule has 1 atom stereocenters. The molecule has 8 heteroatoms. The summed E-state index contributed by atoms with van der Waals surface area (Å²) in [6.45, 7) is 1.75. The van der Waals surface area contributed by atoms with E-state index < -0.39 is 5.97 Å². The van der Waals surface area contributed by atoms with Crippen LogP contribution in [0.5, 0.6) is 0 Å². The second-order valence-corrected chi connectivity index (χ2v) is 3.77. The van der Waals surface area contributed by atoms with Gasteiger partial charge in [0.15, 0.2) is 0 Å². The molecule has 0 aliphatic heterocycles. The lowest BCUT2D eigenvalue weighted by Crippen LogP contribution is -2.13. The van der Waals surface area contributed by atoms with Gasteiger partial charge in [-0.25, -0.2) is 4.68 Å². The average molecular weight is 236 g/mol. The summed E-state index contributed by atoms with van der Waals surface area (Å²) in [5.74, 6) is -0.417. The fourth-order valence-corrected chi connectivity index (χ4v) is 1.53. The quantitative estimate of drug-likeness (QED) is 0.808. The first-order valence-corrected chi connectivity index (χ1v) is 5.07. The van der Waals surface area contributed by atoms with Crippen LogP contribution in [0, 0.1) is 0 Å². The van der Waals surface area contributed by atoms with Crippen molar-refractivity contribution in [2.45, 2.75) is 19.4 Å². The molecule has 0 saturated carbocycles. The van der Waals surface area contributed by atoms with Crippen LogP contribution in [0.1, 0.15) is 19.4 Å². The second kappa shape index (κ2) is 4.32. The monoisotopic (exact) mass is 236 g/mol. The van der Waals surface area contributed by atoms with Crippen LogP contribution >= 0.6 is 0 Å². The lowest BCUT2D eigenvalue weighted by atomic mass is 10.2. The van der Waals surface area contributed by atoms with Gasteiger partial charge in [0, 0.05) is 13.2 Å². The van der Waals surface area contributed by atoms with Crippen LogP contribution in [0.2, 0.25) is 0 Å². The van der Waals surface area contributed by atoms with E-state index in [1.54, 1.807) is 30.9 Å². The zero-order valence-corrected chi connectivity index (χ0v) is 9.48. The van der Waals surface area contributed by atoms with Crippen LogP contribution in [0.3, 0.4) is 0 Å². The Bertz CT molecular complexity index is 531. The molecule has 1 unspecified atom stereocenters. The van der Waals surface area contributed by atoms with E-state index in [9.17, 15) is 4.79 Å². The summed E-state index contributed by atoms with van der Waals surface area (Å²) < 4.78 is 3.10. The summed E-state index contributed by atoms with van der Waals surface area (Å²) in [5.41, 5.74) is 0.620. The zero-order chi connectivity index (χ0) is 12.4. The maximum absolute atomic E-state index is 10.7. The van der Waals surface area contributed by atoms with Crippen LogP contribution in [-0.2, 0) is 11.8 Å². The van der Waals surface area contributed by atoms with Crippen molar-refractivity contribution in [3.8, 4) is 11.5 Å². The van der Waals surface area contributed by atoms with Crippen molar-refractivity contribution in [2.24, 2.45) is 7.05 Å². The molecule has 2 rings (SSSR count). The summed E-state index contributed by atoms with van der Waals surface area (Å²) >= 11 is 0. The number of carbonyl (C=O) groups is 1. The van der Waals surface area contributed by atoms with Gasteiger partial charge in [0.1, 0.15) is 5.69 Å². The molecule has 0 fully saturated rings. The molecule has 0 aliphatic rings. The minimum absolute atomic E-state index is 0.0368. The van der Waals surface area contributed by atoms with Gasteiger partial charge in [-0.15, -0.1) is 5.10 Å². The van der Waals surface area contributed by atoms with E-state index in [0.717, 1.165) is 0 Å². The lowest BCUT2D eigenvalue weighted by Gasteiger charge is -2.09. The number of hydrogen-bond donors (Lipinski definition) is 1. The van der Waals surface area contributed by atoms with Crippen molar-refractivity contribution < 1.29 is 9.90 Å². The molecule has 0 radical (unpaired) electrons. The molecule has 0 aliphatic carbocycles. The maximum atomic E-state index is 10.7. The number of aliphatic carboxylic acids is 1. The van der Waals surface area contributed by atoms with Crippen LogP contribution < -0.4 is 0 Å². The molecule has 0 spiro atoms. The van der Waals surface area contributed by atoms with Gasteiger partial charge in [-0.1, -0.05) is 0 Å². The smallest absolute Gasteiger partial charge is 0.305 e. The summed E-state index contributed by atoms with van der Waals surface area (Å²) in [4.78, 5) is 10.7. The number of tetrazole rings is 1. The zero-order valence-electron chi connectivity index (χ0n) is 9.48. The van der Waals surface area contributed by atoms with E-state index in [1.807, 2.05) is 0 Å². The van der Waals surface area contributed by atoms with Gasteiger partial charge in [0.2, 0.25) is 5.82 Å². The highest BCUT2D eigenvalue weighted by Gasteiger charge is 2.18. The first-order valence-electron chi connectivity index (χ1n) is 5.07. The first-order chi connectivity index (χ1) is 8.08. The van der Waals surface area contributed by atoms with Crippen LogP contribution in [-0.4, -0.2) is 41.1 Å². The summed E-state index contributed by atoms with van der Waals surface area (Å²) in [6, 6.07) is 1.45. The van der Waals surface area contributed by atoms with E-state index >= 15 is 0 Å². The number of carboxylic acids is 1. The predicted molar refractivity (Wildman–Crippen MR) is 57.0 cm³/mol. The highest BCUT2D eigenvalue weighted by molar-refractivity contribution is 5.67. The summed E-state index contributed by atoms with van der Waals surface area (Å²) in [7, 11) is 1.79. The van der Waals surface area contributed by atoms with Crippen LogP contribution in [0.15, 0.2) is 12.3 Å². The Morgan fingerprint density at radius 2 is 2.35 bits per heavy atom. The third-order valence-electron chi connectivity index (χ3n) is 2.32. The standard InChI is InChI=1S/C9H12N6O2/c1-6(5-8(16)17)15-9(10-12-13-15)7-3-4-14(2)11-7/h3-4,6H,5H2,1-2H3,(H,16,17). The molecule has 2 aromatic heterocycles. The molecule has 0 bridgehead atoms. The van der Waals surface area contributed by atoms with Crippen molar-refractivity contribution in [2.75, 3.05) is 0 Å². The van der Waals surface area contributed by atoms with Gasteiger partial charge in [-0.2, -0.15) is 5.10 Å². The van der Waals surface area contributed by atoms with E-state index in [-0.39, 0.29) is 12.5 Å². The molecular formula is C9H12N6O2. The number of hydrogen-bond acceptors (Lipinski definition) is 5. The molecule has 1 N–H and O–H groups in total. The SMILES string of the molecule is CC(CC(=O)O)n1nnnc1-c1ccn(C)n1. The average Bonchev–Trinajstić information content (AvgIpc) is 2.83. The van der Waals surface area contributed by atoms with E-state index in [4.69, 9.17) is 5.11 Å². The fraction of sp³-hybridized carbons (Fsp3) is 0.444. The molecule has 0 amide bonds. The molecule has 17 heavy (non-hydrogen) atoms. The van der Waals surface area contributed by atoms with Crippen LogP contribution in [0.4, 0.5) is 0 Å². The number of carboxylic acid groups (broad SMARTS) is 1. The van der Waals surface area contributed by atoms with E-state index in [0.29, 0.717) is 11.5 Å². The van der Waals surface area contributed by atoms with Crippen LogP contribution in [0.25, 0.3) is 11.5 Å². The molecule has 8 nitrogen and oxygen atoms in total. The largest absolute Gasteiger partial charge is 0.481 e. The fourth-order valence-electron chi connectivity index (χ4n) is 1.53. The molecule has 0 aromatic carbocycles. The molecular weight excluding hydrogens is 224 g/mol. The van der Waals surface area contributed by atoms with Gasteiger partial charge < -0.3 is 5.11 Å². The number of aryl methyl sites for hydroxylation is 1. The Kier molecular flexibility index (Phi) is 2.86. The van der Waals surface area contributed by atoms with Gasteiger partial charge >= 0.3 is 5.97 Å². The molecule has 90 valence electrons. The van der Waals surface area contributed by atoms with Gasteiger partial charge in [-0.3, -0.25) is 9.48 Å². The second-order valence-electron chi connectivity index (χ2n) is 3.77. The predicted octanol–water partition coefficient (Wildman–Crippen LogP) is 0.109. The van der Waals surface area contributed by atoms with Gasteiger partial charge in [0.25, 0.3) is 0 Å². The van der Waals surface area contributed by atoms with E-state index in [2.05, 4.69) is 20.6 Å². The lowest BCUT2D eigenvalue weighted by molar-refractivity contribution is -0.137. The molecule has 2 heterocycles. The third kappa shape index (κ3) is 2.30. The normalized spacial score (nSPS) is 12.6. The molecule has 0 saturated heterocycles. The van der Waals surface area contributed by atoms with E-state index in [1.165, 1.54) is 4.68 Å². The van der Waals surface area contributed by atoms with Crippen molar-refractivity contribution in [3.63, 3.8) is 0 Å². The van der Waals surface area contributed by atoms with Gasteiger partial charge in [0.05, 0.1) is 12.5 Å². The summed E-state index contributed by atoms with van der Waals surface area (Å²) in [6.07, 6.45) is 1.74. The highest BCUT2D eigenvalue weighted by atomic mass is 16.4. The van der Waals surface area contributed by atoms with Crippen molar-refractivity contribution >= 4 is 5.97 Å². The van der Waals surface area contributed by atoms with Crippen molar-refractivity contribution in [3.05, 3.63) is 12.3 Å². The molecule has 2 aromatic rings. The third-order valence-corrected chi connectivity index (χ3v) is 2.32. The number of nitrogens with zero attached hydrogens (tertiary/aromatic N) is 6. The highest BCUT2D eigenvalue weighted by Crippen LogP contribution is 2.18. The van der Waals surface area contributed by atoms with Gasteiger partial charge in [-0.05, 0) is 23.4 Å². The van der Waals surface area contributed by atoms with Crippen molar-refractivity contribution in [1.82, 2.24) is 30.0 Å². The Morgan fingerprint density at radius 1 is 1.59 bits per heavy atom. The topological polar surface area (TPSA) is 98.7 Å². The first kappa shape index (κ1) is 11.2.